The van der Waals surface area contributed by atoms with Gasteiger partial charge in [0.15, 0.2) is 0 Å². The summed E-state index contributed by atoms with van der Waals surface area (Å²) in [4.78, 5) is 16.3. The number of rotatable bonds is 5. The zero-order valence-corrected chi connectivity index (χ0v) is 12.8. The molecule has 0 saturated heterocycles. The van der Waals surface area contributed by atoms with Crippen molar-refractivity contribution in [2.24, 2.45) is 0 Å². The van der Waals surface area contributed by atoms with Gasteiger partial charge in [-0.15, -0.1) is 11.3 Å². The van der Waals surface area contributed by atoms with Gasteiger partial charge in [-0.05, 0) is 5.56 Å². The first-order chi connectivity index (χ1) is 10.8. The summed E-state index contributed by atoms with van der Waals surface area (Å²) < 4.78 is 5.29. The van der Waals surface area contributed by atoms with E-state index in [0.29, 0.717) is 0 Å². The van der Waals surface area contributed by atoms with Gasteiger partial charge in [0.1, 0.15) is 11.6 Å². The minimum Gasteiger partial charge on any atom is -0.459 e. The summed E-state index contributed by atoms with van der Waals surface area (Å²) in [6, 6.07) is 19.6. The van der Waals surface area contributed by atoms with Crippen LogP contribution < -0.4 is 0 Å². The van der Waals surface area contributed by atoms with Gasteiger partial charge in [0.25, 0.3) is 0 Å². The maximum absolute atomic E-state index is 11.8. The van der Waals surface area contributed by atoms with Gasteiger partial charge in [-0.25, -0.2) is 4.98 Å². The number of benzene rings is 2. The Hall–Kier alpha value is -2.46. The number of hydrogen-bond acceptors (Lipinski definition) is 4. The lowest BCUT2D eigenvalue weighted by Gasteiger charge is -2.03. The minimum absolute atomic E-state index is 0.217. The molecule has 3 rings (SSSR count). The normalized spacial score (nSPS) is 10.4. The van der Waals surface area contributed by atoms with Crippen molar-refractivity contribution in [1.82, 2.24) is 4.98 Å². The molecular weight excluding hydrogens is 294 g/mol. The van der Waals surface area contributed by atoms with E-state index in [2.05, 4.69) is 4.98 Å². The lowest BCUT2D eigenvalue weighted by molar-refractivity contribution is -0.144. The monoisotopic (exact) mass is 309 g/mol. The zero-order chi connectivity index (χ0) is 15.2. The third-order valence-corrected chi connectivity index (χ3v) is 4.08. The Balaban J connectivity index is 1.56. The molecule has 0 N–H and O–H groups in total. The minimum atomic E-state index is -0.236. The molecule has 4 heteroatoms. The first-order valence-corrected chi connectivity index (χ1v) is 7.88. The Morgan fingerprint density at radius 2 is 1.68 bits per heavy atom. The summed E-state index contributed by atoms with van der Waals surface area (Å²) in [5.74, 6) is -0.236. The molecule has 22 heavy (non-hydrogen) atoms. The molecule has 3 nitrogen and oxygen atoms in total. The van der Waals surface area contributed by atoms with E-state index in [-0.39, 0.29) is 19.0 Å². The SMILES string of the molecule is O=C(Cc1ccccc1)OCc1csc(-c2ccccc2)n1. The van der Waals surface area contributed by atoms with Crippen LogP contribution in [0.1, 0.15) is 11.3 Å². The summed E-state index contributed by atoms with van der Waals surface area (Å²) in [6.45, 7) is 0.217. The van der Waals surface area contributed by atoms with E-state index in [0.717, 1.165) is 21.8 Å². The Bertz CT molecular complexity index is 738. The van der Waals surface area contributed by atoms with Crippen LogP contribution in [-0.2, 0) is 22.6 Å². The first-order valence-electron chi connectivity index (χ1n) is 7.00. The number of carbonyl (C=O) groups is 1. The standard InChI is InChI=1S/C18H15NO2S/c20-17(11-14-7-3-1-4-8-14)21-12-16-13-22-18(19-16)15-9-5-2-6-10-15/h1-10,13H,11-12H2. The van der Waals surface area contributed by atoms with Gasteiger partial charge < -0.3 is 4.74 Å². The molecule has 0 fully saturated rings. The second kappa shape index (κ2) is 7.00. The molecule has 3 aromatic rings. The Morgan fingerprint density at radius 1 is 1.00 bits per heavy atom. The molecule has 0 spiro atoms. The zero-order valence-electron chi connectivity index (χ0n) is 11.9. The third kappa shape index (κ3) is 3.80. The molecule has 0 bridgehead atoms. The quantitative estimate of drug-likeness (QED) is 0.666. The maximum Gasteiger partial charge on any atom is 0.310 e. The van der Waals surface area contributed by atoms with E-state index in [4.69, 9.17) is 4.74 Å². The van der Waals surface area contributed by atoms with Crippen molar-refractivity contribution < 1.29 is 9.53 Å². The fourth-order valence-corrected chi connectivity index (χ4v) is 2.87. The summed E-state index contributed by atoms with van der Waals surface area (Å²) in [6.07, 6.45) is 0.288. The number of hydrogen-bond donors (Lipinski definition) is 0. The van der Waals surface area contributed by atoms with E-state index < -0.39 is 0 Å². The van der Waals surface area contributed by atoms with Crippen molar-refractivity contribution in [2.45, 2.75) is 13.0 Å². The highest BCUT2D eigenvalue weighted by molar-refractivity contribution is 7.13. The van der Waals surface area contributed by atoms with E-state index in [1.54, 1.807) is 11.3 Å². The van der Waals surface area contributed by atoms with Gasteiger partial charge in [-0.2, -0.15) is 0 Å². The van der Waals surface area contributed by atoms with Crippen LogP contribution in [0.5, 0.6) is 0 Å². The van der Waals surface area contributed by atoms with Crippen LogP contribution in [0.2, 0.25) is 0 Å². The third-order valence-electron chi connectivity index (χ3n) is 3.14. The van der Waals surface area contributed by atoms with Crippen molar-refractivity contribution in [1.29, 1.82) is 0 Å². The smallest absolute Gasteiger partial charge is 0.310 e. The second-order valence-corrected chi connectivity index (χ2v) is 5.69. The van der Waals surface area contributed by atoms with Crippen molar-refractivity contribution in [2.75, 3.05) is 0 Å². The highest BCUT2D eigenvalue weighted by Gasteiger charge is 2.08. The van der Waals surface area contributed by atoms with Gasteiger partial charge in [-0.1, -0.05) is 60.7 Å². The fraction of sp³-hybridized carbons (Fsp3) is 0.111. The highest BCUT2D eigenvalue weighted by Crippen LogP contribution is 2.23. The summed E-state index contributed by atoms with van der Waals surface area (Å²) in [5.41, 5.74) is 2.82. The molecule has 2 aromatic carbocycles. The van der Waals surface area contributed by atoms with Gasteiger partial charge in [-0.3, -0.25) is 4.79 Å². The fourth-order valence-electron chi connectivity index (χ4n) is 2.05. The average Bonchev–Trinajstić information content (AvgIpc) is 3.04. The Morgan fingerprint density at radius 3 is 2.41 bits per heavy atom. The van der Waals surface area contributed by atoms with Crippen LogP contribution in [-0.4, -0.2) is 11.0 Å². The molecule has 0 saturated carbocycles. The van der Waals surface area contributed by atoms with Crippen molar-refractivity contribution >= 4 is 17.3 Å². The maximum atomic E-state index is 11.8. The molecule has 1 aromatic heterocycles. The highest BCUT2D eigenvalue weighted by atomic mass is 32.1. The summed E-state index contributed by atoms with van der Waals surface area (Å²) in [5, 5.41) is 2.87. The predicted octanol–water partition coefficient (Wildman–Crippen LogP) is 4.10. The Labute approximate surface area is 133 Å². The van der Waals surface area contributed by atoms with Gasteiger partial charge >= 0.3 is 5.97 Å². The summed E-state index contributed by atoms with van der Waals surface area (Å²) >= 11 is 1.56. The number of nitrogens with zero attached hydrogens (tertiary/aromatic N) is 1. The molecule has 0 atom stereocenters. The number of carbonyl (C=O) groups excluding carboxylic acids is 1. The van der Waals surface area contributed by atoms with Crippen LogP contribution >= 0.6 is 11.3 Å². The lowest BCUT2D eigenvalue weighted by atomic mass is 10.2. The second-order valence-electron chi connectivity index (χ2n) is 4.83. The van der Waals surface area contributed by atoms with Crippen LogP contribution in [0.25, 0.3) is 10.6 Å². The largest absolute Gasteiger partial charge is 0.459 e. The summed E-state index contributed by atoms with van der Waals surface area (Å²) in [7, 11) is 0. The molecule has 0 aliphatic carbocycles. The molecular formula is C18H15NO2S. The predicted molar refractivity (Wildman–Crippen MR) is 87.5 cm³/mol. The van der Waals surface area contributed by atoms with Crippen molar-refractivity contribution in [3.8, 4) is 10.6 Å². The molecule has 110 valence electrons. The first kappa shape index (κ1) is 14.5. The molecule has 0 radical (unpaired) electrons. The molecule has 0 aliphatic rings. The van der Waals surface area contributed by atoms with E-state index in [1.165, 1.54) is 0 Å². The van der Waals surface area contributed by atoms with E-state index in [9.17, 15) is 4.79 Å². The van der Waals surface area contributed by atoms with Crippen molar-refractivity contribution in [3.05, 3.63) is 77.3 Å². The van der Waals surface area contributed by atoms with E-state index in [1.807, 2.05) is 66.0 Å². The van der Waals surface area contributed by atoms with Crippen molar-refractivity contribution in [3.63, 3.8) is 0 Å². The molecule has 0 unspecified atom stereocenters. The number of thiazole rings is 1. The van der Waals surface area contributed by atoms with E-state index >= 15 is 0 Å². The van der Waals surface area contributed by atoms with Crippen LogP contribution in [0.4, 0.5) is 0 Å². The Kier molecular flexibility index (Phi) is 4.61. The molecule has 0 amide bonds. The number of ether oxygens (including phenoxy) is 1. The van der Waals surface area contributed by atoms with Gasteiger partial charge in [0, 0.05) is 10.9 Å². The van der Waals surface area contributed by atoms with Gasteiger partial charge in [0.2, 0.25) is 0 Å². The van der Waals surface area contributed by atoms with Crippen LogP contribution in [0, 0.1) is 0 Å². The number of esters is 1. The van der Waals surface area contributed by atoms with Crippen LogP contribution in [0.3, 0.4) is 0 Å². The van der Waals surface area contributed by atoms with Crippen LogP contribution in [0.15, 0.2) is 66.0 Å². The van der Waals surface area contributed by atoms with Gasteiger partial charge in [0.05, 0.1) is 12.1 Å². The lowest BCUT2D eigenvalue weighted by Crippen LogP contribution is -2.08. The topological polar surface area (TPSA) is 39.2 Å². The molecule has 0 aliphatic heterocycles. The molecule has 1 heterocycles. The average molecular weight is 309 g/mol. The number of aromatic nitrogens is 1.